The molecule has 0 saturated heterocycles. The Morgan fingerprint density at radius 3 is 1.85 bits per heavy atom. The summed E-state index contributed by atoms with van der Waals surface area (Å²) in [5.74, 6) is 1.51. The minimum Gasteiger partial charge on any atom is -0.508 e. The molecule has 4 aromatic rings. The number of thiol groups is 1. The quantitative estimate of drug-likeness (QED) is 0.0931. The lowest BCUT2D eigenvalue weighted by Gasteiger charge is -2.02. The largest absolute Gasteiger partial charge is 0.508 e. The number of hydrogen-bond donors (Lipinski definition) is 3. The minimum absolute atomic E-state index is 0.134. The zero-order valence-electron chi connectivity index (χ0n) is 22.2. The molecule has 0 atom stereocenters. The zero-order chi connectivity index (χ0) is 28.6. The van der Waals surface area contributed by atoms with Crippen LogP contribution < -0.4 is 9.47 Å². The summed E-state index contributed by atoms with van der Waals surface area (Å²) >= 11 is 3.67. The molecule has 0 spiro atoms. The van der Waals surface area contributed by atoms with Crippen molar-refractivity contribution in [3.63, 3.8) is 0 Å². The van der Waals surface area contributed by atoms with Gasteiger partial charge in [0, 0.05) is 11.3 Å². The van der Waals surface area contributed by atoms with E-state index in [9.17, 15) is 4.79 Å². The van der Waals surface area contributed by atoms with Crippen molar-refractivity contribution >= 4 is 47.6 Å². The summed E-state index contributed by atoms with van der Waals surface area (Å²) < 4.78 is 9.86. The molecule has 0 saturated carbocycles. The highest BCUT2D eigenvalue weighted by Gasteiger charge is 2.06. The lowest BCUT2D eigenvalue weighted by molar-refractivity contribution is -0.130. The molecule has 0 amide bonds. The summed E-state index contributed by atoms with van der Waals surface area (Å²) in [6.07, 6.45) is 6.16. The molecule has 1 aliphatic rings. The first-order chi connectivity index (χ1) is 18.8. The number of aliphatic hydroxyl groups is 1. The molecule has 5 nitrogen and oxygen atoms in total. The Labute approximate surface area is 235 Å². The number of esters is 1. The zero-order valence-corrected chi connectivity index (χ0v) is 23.1. The average molecular weight is 543 g/mol. The van der Waals surface area contributed by atoms with Crippen molar-refractivity contribution in [3.05, 3.63) is 120 Å². The van der Waals surface area contributed by atoms with Gasteiger partial charge in [-0.1, -0.05) is 79.9 Å². The molecule has 0 aliphatic heterocycles. The van der Waals surface area contributed by atoms with Crippen LogP contribution in [-0.2, 0) is 4.79 Å². The number of benzene rings is 4. The van der Waals surface area contributed by atoms with Gasteiger partial charge in [-0.3, -0.25) is 0 Å². The first-order valence-electron chi connectivity index (χ1n) is 12.2. The molecule has 0 aromatic heterocycles. The monoisotopic (exact) mass is 542 g/mol. The van der Waals surface area contributed by atoms with Crippen LogP contribution in [0.5, 0.6) is 17.2 Å². The van der Waals surface area contributed by atoms with E-state index >= 15 is 0 Å². The summed E-state index contributed by atoms with van der Waals surface area (Å²) in [6.45, 7) is 8.85. The Hall–Kier alpha value is -4.26. The predicted octanol–water partition coefficient (Wildman–Crippen LogP) is 7.44. The predicted molar refractivity (Wildman–Crippen MR) is 165 cm³/mol. The smallest absolute Gasteiger partial charge is 0.338 e. The standard InChI is InChI=1S/C12H8.C10H10O3.C9H10O.C2H6OS/c1-3-9-4-2-6-11-8-7-10(5-1)12(9)11;1-7(2)10(12)13-9-5-3-8(11)4-6-9;1-3-8-4-6-9(10-2)7-5-8;3-1-2-4/h1-8H;3-6,11H,1H2,2H3;3-7H,1H2,2H3;3-4H,1-2H2. The van der Waals surface area contributed by atoms with E-state index in [4.69, 9.17) is 19.7 Å². The van der Waals surface area contributed by atoms with Crippen LogP contribution in [0, 0.1) is 0 Å². The van der Waals surface area contributed by atoms with Crippen LogP contribution in [-0.4, -0.2) is 35.7 Å². The topological polar surface area (TPSA) is 76.0 Å². The van der Waals surface area contributed by atoms with Gasteiger partial charge < -0.3 is 19.7 Å². The molecule has 5 rings (SSSR count). The van der Waals surface area contributed by atoms with Gasteiger partial charge >= 0.3 is 5.97 Å². The van der Waals surface area contributed by atoms with E-state index in [0.29, 0.717) is 17.1 Å². The highest BCUT2D eigenvalue weighted by Crippen LogP contribution is 2.30. The van der Waals surface area contributed by atoms with E-state index in [-0.39, 0.29) is 12.4 Å². The molecular weight excluding hydrogens is 508 g/mol. The molecule has 0 unspecified atom stereocenters. The van der Waals surface area contributed by atoms with E-state index in [1.165, 1.54) is 46.2 Å². The number of hydrogen-bond acceptors (Lipinski definition) is 6. The SMILES string of the molecule is C1=Cc2cccc3cccc1c23.C=C(C)C(=O)Oc1ccc(O)cc1.C=Cc1ccc(OC)cc1.OCCS. The second kappa shape index (κ2) is 16.6. The number of phenolic OH excluding ortho intramolecular Hbond substituents is 1. The van der Waals surface area contributed by atoms with E-state index < -0.39 is 5.97 Å². The molecular formula is C33H34O5S. The molecule has 0 heterocycles. The maximum atomic E-state index is 11.0. The van der Waals surface area contributed by atoms with Gasteiger partial charge in [-0.15, -0.1) is 0 Å². The van der Waals surface area contributed by atoms with Crippen molar-refractivity contribution in [3.8, 4) is 17.2 Å². The number of carbonyl (C=O) groups excluding carboxylic acids is 1. The average Bonchev–Trinajstić information content (AvgIpc) is 3.40. The van der Waals surface area contributed by atoms with Gasteiger partial charge in [-0.25, -0.2) is 4.79 Å². The Balaban J connectivity index is 0.000000193. The third kappa shape index (κ3) is 10.2. The fraction of sp³-hybridized carbons (Fsp3) is 0.121. The number of carbonyl (C=O) groups is 1. The normalized spacial score (nSPS) is 10.1. The van der Waals surface area contributed by atoms with Crippen LogP contribution in [0.3, 0.4) is 0 Å². The van der Waals surface area contributed by atoms with Crippen LogP contribution in [0.2, 0.25) is 0 Å². The van der Waals surface area contributed by atoms with Crippen LogP contribution in [0.4, 0.5) is 0 Å². The van der Waals surface area contributed by atoms with Crippen LogP contribution in [0.15, 0.2) is 104 Å². The summed E-state index contributed by atoms with van der Waals surface area (Å²) in [5.41, 5.74) is 4.15. The van der Waals surface area contributed by atoms with Gasteiger partial charge in [0.1, 0.15) is 17.2 Å². The second-order valence-electron chi connectivity index (χ2n) is 8.21. The molecule has 202 valence electrons. The molecule has 0 radical (unpaired) electrons. The Morgan fingerprint density at radius 2 is 1.41 bits per heavy atom. The molecule has 39 heavy (non-hydrogen) atoms. The van der Waals surface area contributed by atoms with Gasteiger partial charge in [-0.05, 0) is 70.8 Å². The first kappa shape index (κ1) is 31.0. The summed E-state index contributed by atoms with van der Waals surface area (Å²) in [4.78, 5) is 11.0. The van der Waals surface area contributed by atoms with E-state index in [1.807, 2.05) is 24.3 Å². The highest BCUT2D eigenvalue weighted by atomic mass is 32.1. The summed E-state index contributed by atoms with van der Waals surface area (Å²) in [6, 6.07) is 26.5. The van der Waals surface area contributed by atoms with E-state index in [1.54, 1.807) is 20.1 Å². The lowest BCUT2D eigenvalue weighted by Crippen LogP contribution is -2.07. The molecule has 4 aromatic carbocycles. The van der Waals surface area contributed by atoms with E-state index in [0.717, 1.165) is 11.3 Å². The highest BCUT2D eigenvalue weighted by molar-refractivity contribution is 7.80. The molecule has 1 aliphatic carbocycles. The van der Waals surface area contributed by atoms with Gasteiger partial charge in [-0.2, -0.15) is 12.6 Å². The first-order valence-corrected chi connectivity index (χ1v) is 12.8. The third-order valence-electron chi connectivity index (χ3n) is 5.26. The molecule has 6 heteroatoms. The van der Waals surface area contributed by atoms with Gasteiger partial charge in [0.25, 0.3) is 0 Å². The van der Waals surface area contributed by atoms with Gasteiger partial charge in [0.2, 0.25) is 0 Å². The third-order valence-corrected chi connectivity index (χ3v) is 5.46. The van der Waals surface area contributed by atoms with Gasteiger partial charge in [0.15, 0.2) is 0 Å². The van der Waals surface area contributed by atoms with Crippen molar-refractivity contribution in [2.24, 2.45) is 0 Å². The Kier molecular flexibility index (Phi) is 13.1. The minimum atomic E-state index is -0.467. The fourth-order valence-electron chi connectivity index (χ4n) is 3.31. The number of aromatic hydroxyl groups is 1. The number of ether oxygens (including phenoxy) is 2. The summed E-state index contributed by atoms with van der Waals surface area (Å²) in [7, 11) is 1.66. The van der Waals surface area contributed by atoms with Crippen molar-refractivity contribution in [1.29, 1.82) is 0 Å². The number of aliphatic hydroxyl groups excluding tert-OH is 1. The fourth-order valence-corrected chi connectivity index (χ4v) is 3.31. The van der Waals surface area contributed by atoms with Gasteiger partial charge in [0.05, 0.1) is 13.7 Å². The Bertz CT molecular complexity index is 1350. The van der Waals surface area contributed by atoms with Crippen molar-refractivity contribution in [1.82, 2.24) is 0 Å². The van der Waals surface area contributed by atoms with Crippen LogP contribution in [0.25, 0.3) is 29.0 Å². The summed E-state index contributed by atoms with van der Waals surface area (Å²) in [5, 5.41) is 19.5. The van der Waals surface area contributed by atoms with E-state index in [2.05, 4.69) is 74.3 Å². The molecule has 2 N–H and O–H groups in total. The number of phenols is 1. The van der Waals surface area contributed by atoms with Crippen molar-refractivity contribution in [2.75, 3.05) is 19.5 Å². The van der Waals surface area contributed by atoms with Crippen molar-refractivity contribution < 1.29 is 24.5 Å². The lowest BCUT2D eigenvalue weighted by atomic mass is 10.0. The Morgan fingerprint density at radius 1 is 0.897 bits per heavy atom. The second-order valence-corrected chi connectivity index (χ2v) is 8.66. The van der Waals surface area contributed by atoms with Crippen molar-refractivity contribution in [2.45, 2.75) is 6.92 Å². The van der Waals surface area contributed by atoms with Crippen LogP contribution >= 0.6 is 12.6 Å². The van der Waals surface area contributed by atoms with Crippen LogP contribution in [0.1, 0.15) is 23.6 Å². The maximum Gasteiger partial charge on any atom is 0.338 e. The maximum absolute atomic E-state index is 11.0. The number of rotatable bonds is 5. The number of methoxy groups -OCH3 is 1. The molecule has 0 bridgehead atoms. The molecule has 0 fully saturated rings.